The lowest BCUT2D eigenvalue weighted by molar-refractivity contribution is 0.0928. The molecule has 94 valence electrons. The van der Waals surface area contributed by atoms with Gasteiger partial charge in [-0.05, 0) is 24.5 Å². The number of halogens is 1. The molecular formula is C14H13ClO3. The minimum Gasteiger partial charge on any atom is -0.451 e. The van der Waals surface area contributed by atoms with E-state index in [0.717, 1.165) is 18.4 Å². The van der Waals surface area contributed by atoms with Crippen molar-refractivity contribution in [2.45, 2.75) is 12.8 Å². The van der Waals surface area contributed by atoms with Gasteiger partial charge < -0.3 is 9.15 Å². The van der Waals surface area contributed by atoms with Crippen LogP contribution >= 0.6 is 11.6 Å². The number of hydrogen-bond donors (Lipinski definition) is 0. The second-order valence-electron chi connectivity index (χ2n) is 4.63. The van der Waals surface area contributed by atoms with Gasteiger partial charge in [-0.25, -0.2) is 0 Å². The van der Waals surface area contributed by atoms with Gasteiger partial charge in [-0.1, -0.05) is 23.7 Å². The smallest absolute Gasteiger partial charge is 0.198 e. The third-order valence-electron chi connectivity index (χ3n) is 3.27. The number of benzene rings is 1. The van der Waals surface area contributed by atoms with Gasteiger partial charge in [0.25, 0.3) is 0 Å². The summed E-state index contributed by atoms with van der Waals surface area (Å²) >= 11 is 6.02. The molecule has 0 amide bonds. The normalized spacial score (nSPS) is 19.5. The van der Waals surface area contributed by atoms with Gasteiger partial charge in [-0.15, -0.1) is 0 Å². The zero-order chi connectivity index (χ0) is 12.5. The SMILES string of the molecule is O=C(CC1CCOC1)c1cc2cccc(Cl)c2o1. The first-order chi connectivity index (χ1) is 8.74. The molecule has 1 fully saturated rings. The van der Waals surface area contributed by atoms with E-state index in [1.54, 1.807) is 12.1 Å². The Morgan fingerprint density at radius 1 is 1.44 bits per heavy atom. The summed E-state index contributed by atoms with van der Waals surface area (Å²) in [5.41, 5.74) is 0.588. The van der Waals surface area contributed by atoms with Crippen LogP contribution in [0, 0.1) is 5.92 Å². The van der Waals surface area contributed by atoms with Crippen molar-refractivity contribution in [3.05, 3.63) is 35.0 Å². The van der Waals surface area contributed by atoms with E-state index < -0.39 is 0 Å². The molecule has 3 rings (SSSR count). The fourth-order valence-corrected chi connectivity index (χ4v) is 2.49. The minimum atomic E-state index is 0.0257. The number of hydrogen-bond acceptors (Lipinski definition) is 3. The fraction of sp³-hybridized carbons (Fsp3) is 0.357. The molecule has 2 aromatic rings. The van der Waals surface area contributed by atoms with Crippen LogP contribution in [0.4, 0.5) is 0 Å². The van der Waals surface area contributed by atoms with Gasteiger partial charge in [0.2, 0.25) is 0 Å². The number of carbonyl (C=O) groups excluding carboxylic acids is 1. The molecule has 0 saturated carbocycles. The highest BCUT2D eigenvalue weighted by atomic mass is 35.5. The van der Waals surface area contributed by atoms with Crippen LogP contribution in [0.25, 0.3) is 11.0 Å². The highest BCUT2D eigenvalue weighted by molar-refractivity contribution is 6.34. The molecule has 3 nitrogen and oxygen atoms in total. The summed E-state index contributed by atoms with van der Waals surface area (Å²) in [5, 5.41) is 1.41. The summed E-state index contributed by atoms with van der Waals surface area (Å²) in [5.74, 6) is 0.740. The summed E-state index contributed by atoms with van der Waals surface area (Å²) < 4.78 is 10.8. The maximum Gasteiger partial charge on any atom is 0.198 e. The summed E-state index contributed by atoms with van der Waals surface area (Å²) in [6, 6.07) is 7.26. The molecule has 0 radical (unpaired) electrons. The van der Waals surface area contributed by atoms with Crippen molar-refractivity contribution in [1.82, 2.24) is 0 Å². The van der Waals surface area contributed by atoms with Gasteiger partial charge in [0.1, 0.15) is 0 Å². The Kier molecular flexibility index (Phi) is 3.10. The number of ketones is 1. The summed E-state index contributed by atoms with van der Waals surface area (Å²) in [6.45, 7) is 1.43. The fourth-order valence-electron chi connectivity index (χ4n) is 2.27. The van der Waals surface area contributed by atoms with Gasteiger partial charge in [-0.3, -0.25) is 4.79 Å². The first-order valence-corrected chi connectivity index (χ1v) is 6.41. The maximum absolute atomic E-state index is 12.1. The molecule has 2 heterocycles. The Hall–Kier alpha value is -1.32. The Morgan fingerprint density at radius 3 is 3.06 bits per heavy atom. The van der Waals surface area contributed by atoms with E-state index in [0.29, 0.717) is 35.3 Å². The predicted molar refractivity (Wildman–Crippen MR) is 69.1 cm³/mol. The van der Waals surface area contributed by atoms with E-state index in [2.05, 4.69) is 0 Å². The van der Waals surface area contributed by atoms with Crippen molar-refractivity contribution in [3.8, 4) is 0 Å². The van der Waals surface area contributed by atoms with Gasteiger partial charge in [0.15, 0.2) is 17.1 Å². The number of Topliss-reactive ketones (excluding diaryl/α,β-unsaturated/α-hetero) is 1. The molecule has 1 aromatic carbocycles. The lowest BCUT2D eigenvalue weighted by Crippen LogP contribution is -2.07. The number of carbonyl (C=O) groups is 1. The molecule has 1 atom stereocenters. The lowest BCUT2D eigenvalue weighted by atomic mass is 10.0. The van der Waals surface area contributed by atoms with E-state index in [1.807, 2.05) is 12.1 Å². The van der Waals surface area contributed by atoms with Crippen molar-refractivity contribution in [2.75, 3.05) is 13.2 Å². The van der Waals surface area contributed by atoms with Gasteiger partial charge in [0, 0.05) is 25.0 Å². The average Bonchev–Trinajstić information content (AvgIpc) is 2.97. The molecule has 0 spiro atoms. The molecule has 1 saturated heterocycles. The molecule has 18 heavy (non-hydrogen) atoms. The van der Waals surface area contributed by atoms with Gasteiger partial charge in [0.05, 0.1) is 5.02 Å². The number of ether oxygens (including phenoxy) is 1. The first kappa shape index (κ1) is 11.8. The van der Waals surface area contributed by atoms with Crippen LogP contribution in [0.15, 0.2) is 28.7 Å². The second-order valence-corrected chi connectivity index (χ2v) is 5.03. The summed E-state index contributed by atoms with van der Waals surface area (Å²) in [7, 11) is 0. The largest absolute Gasteiger partial charge is 0.451 e. The quantitative estimate of drug-likeness (QED) is 0.794. The molecule has 0 N–H and O–H groups in total. The van der Waals surface area contributed by atoms with Crippen LogP contribution in [0.1, 0.15) is 23.4 Å². The number of rotatable bonds is 3. The highest BCUT2D eigenvalue weighted by Crippen LogP contribution is 2.28. The molecule has 1 aliphatic rings. The molecule has 0 bridgehead atoms. The Bertz CT molecular complexity index is 582. The zero-order valence-electron chi connectivity index (χ0n) is 9.82. The summed E-state index contributed by atoms with van der Waals surface area (Å²) in [4.78, 5) is 12.1. The molecular weight excluding hydrogens is 252 g/mol. The van der Waals surface area contributed by atoms with Crippen molar-refractivity contribution in [2.24, 2.45) is 5.92 Å². The van der Waals surface area contributed by atoms with Crippen LogP contribution in [-0.2, 0) is 4.74 Å². The topological polar surface area (TPSA) is 39.4 Å². The monoisotopic (exact) mass is 264 g/mol. The van der Waals surface area contributed by atoms with E-state index in [-0.39, 0.29) is 5.78 Å². The van der Waals surface area contributed by atoms with Crippen molar-refractivity contribution < 1.29 is 13.9 Å². The Balaban J connectivity index is 1.85. The van der Waals surface area contributed by atoms with E-state index >= 15 is 0 Å². The third kappa shape index (κ3) is 2.16. The average molecular weight is 265 g/mol. The van der Waals surface area contributed by atoms with Gasteiger partial charge in [-0.2, -0.15) is 0 Å². The number of furan rings is 1. The first-order valence-electron chi connectivity index (χ1n) is 6.03. The van der Waals surface area contributed by atoms with Gasteiger partial charge >= 0.3 is 0 Å². The third-order valence-corrected chi connectivity index (χ3v) is 3.57. The van der Waals surface area contributed by atoms with Crippen molar-refractivity contribution in [1.29, 1.82) is 0 Å². The van der Waals surface area contributed by atoms with Crippen LogP contribution in [0.3, 0.4) is 0 Å². The van der Waals surface area contributed by atoms with Crippen molar-refractivity contribution >= 4 is 28.4 Å². The predicted octanol–water partition coefficient (Wildman–Crippen LogP) is 3.70. The minimum absolute atomic E-state index is 0.0257. The highest BCUT2D eigenvalue weighted by Gasteiger charge is 2.22. The van der Waals surface area contributed by atoms with E-state index in [9.17, 15) is 4.79 Å². The lowest BCUT2D eigenvalue weighted by Gasteiger charge is -2.03. The second kappa shape index (κ2) is 4.75. The summed E-state index contributed by atoms with van der Waals surface area (Å²) in [6.07, 6.45) is 1.43. The Morgan fingerprint density at radius 2 is 2.33 bits per heavy atom. The number of fused-ring (bicyclic) bond motifs is 1. The maximum atomic E-state index is 12.1. The van der Waals surface area contributed by atoms with E-state index in [1.165, 1.54) is 0 Å². The van der Waals surface area contributed by atoms with E-state index in [4.69, 9.17) is 20.8 Å². The van der Waals surface area contributed by atoms with Crippen LogP contribution in [0.2, 0.25) is 5.02 Å². The van der Waals surface area contributed by atoms with Crippen LogP contribution in [-0.4, -0.2) is 19.0 Å². The molecule has 1 aromatic heterocycles. The zero-order valence-corrected chi connectivity index (χ0v) is 10.6. The molecule has 1 aliphatic heterocycles. The standard InChI is InChI=1S/C14H13ClO3/c15-11-3-1-2-10-7-13(18-14(10)11)12(16)6-9-4-5-17-8-9/h1-3,7,9H,4-6,8H2. The molecule has 0 aliphatic carbocycles. The Labute approximate surface area is 110 Å². The van der Waals surface area contributed by atoms with Crippen LogP contribution in [0.5, 0.6) is 0 Å². The number of para-hydroxylation sites is 1. The van der Waals surface area contributed by atoms with Crippen molar-refractivity contribution in [3.63, 3.8) is 0 Å². The van der Waals surface area contributed by atoms with Crippen LogP contribution < -0.4 is 0 Å². The molecule has 1 unspecified atom stereocenters. The molecule has 4 heteroatoms.